The normalized spacial score (nSPS) is 11.0. The molecule has 0 aliphatic carbocycles. The predicted octanol–water partition coefficient (Wildman–Crippen LogP) is 4.12. The van der Waals surface area contributed by atoms with Crippen LogP contribution in [0.1, 0.15) is 28.7 Å². The third-order valence-corrected chi connectivity index (χ3v) is 5.18. The Morgan fingerprint density at radius 2 is 2.29 bits per heavy atom. The van der Waals surface area contributed by atoms with Crippen molar-refractivity contribution in [2.24, 2.45) is 0 Å². The highest BCUT2D eigenvalue weighted by Gasteiger charge is 2.17. The number of nitrogens with zero attached hydrogens (tertiary/aromatic N) is 3. The monoisotopic (exact) mass is 382 g/mol. The molecule has 2 aromatic heterocycles. The van der Waals surface area contributed by atoms with Gasteiger partial charge in [0, 0.05) is 4.47 Å². The van der Waals surface area contributed by atoms with Crippen molar-refractivity contribution < 1.29 is 4.79 Å². The number of rotatable bonds is 4. The average molecular weight is 383 g/mol. The largest absolute Gasteiger partial charge is 0.297 e. The van der Waals surface area contributed by atoms with Gasteiger partial charge in [-0.2, -0.15) is 0 Å². The number of amides is 1. The van der Waals surface area contributed by atoms with Crippen LogP contribution in [-0.4, -0.2) is 20.5 Å². The van der Waals surface area contributed by atoms with E-state index >= 15 is 0 Å². The SMILES string of the molecule is CCCc1nnsc1C(=O)Nc1nc2c(Br)cccc2s1. The molecule has 0 atom stereocenters. The highest BCUT2D eigenvalue weighted by molar-refractivity contribution is 9.10. The molecule has 21 heavy (non-hydrogen) atoms. The first-order valence-electron chi connectivity index (χ1n) is 6.36. The number of hydrogen-bond donors (Lipinski definition) is 1. The van der Waals surface area contributed by atoms with E-state index in [1.165, 1.54) is 11.3 Å². The van der Waals surface area contributed by atoms with Gasteiger partial charge in [-0.15, -0.1) is 5.10 Å². The van der Waals surface area contributed by atoms with Crippen molar-refractivity contribution in [3.05, 3.63) is 33.2 Å². The van der Waals surface area contributed by atoms with Gasteiger partial charge in [-0.1, -0.05) is 35.2 Å². The summed E-state index contributed by atoms with van der Waals surface area (Å²) in [5, 5.41) is 7.43. The van der Waals surface area contributed by atoms with Crippen LogP contribution in [0, 0.1) is 0 Å². The molecule has 2 heterocycles. The van der Waals surface area contributed by atoms with Crippen molar-refractivity contribution in [2.75, 3.05) is 5.32 Å². The Bertz CT molecular complexity index is 798. The summed E-state index contributed by atoms with van der Waals surface area (Å²) in [5.74, 6) is -0.191. The second-order valence-corrected chi connectivity index (χ2v) is 7.00. The lowest BCUT2D eigenvalue weighted by Gasteiger charge is -1.99. The molecule has 0 bridgehead atoms. The Labute approximate surface area is 137 Å². The summed E-state index contributed by atoms with van der Waals surface area (Å²) in [6, 6.07) is 5.85. The zero-order valence-electron chi connectivity index (χ0n) is 11.1. The van der Waals surface area contributed by atoms with E-state index in [1.807, 2.05) is 25.1 Å². The Morgan fingerprint density at radius 3 is 3.05 bits per heavy atom. The van der Waals surface area contributed by atoms with Crippen molar-refractivity contribution in [1.82, 2.24) is 14.6 Å². The van der Waals surface area contributed by atoms with E-state index in [0.717, 1.165) is 44.8 Å². The molecular formula is C13H11BrN4OS2. The summed E-state index contributed by atoms with van der Waals surface area (Å²) in [7, 11) is 0. The Balaban J connectivity index is 1.86. The zero-order chi connectivity index (χ0) is 14.8. The molecule has 3 aromatic rings. The first-order valence-corrected chi connectivity index (χ1v) is 8.75. The van der Waals surface area contributed by atoms with E-state index in [0.29, 0.717) is 10.0 Å². The first kappa shape index (κ1) is 14.6. The number of hydrogen-bond acceptors (Lipinski definition) is 6. The molecule has 0 spiro atoms. The van der Waals surface area contributed by atoms with Gasteiger partial charge in [0.25, 0.3) is 5.91 Å². The highest BCUT2D eigenvalue weighted by Crippen LogP contribution is 2.31. The molecule has 1 aromatic carbocycles. The molecule has 0 aliphatic rings. The molecule has 108 valence electrons. The Hall–Kier alpha value is -1.38. The number of benzene rings is 1. The highest BCUT2D eigenvalue weighted by atomic mass is 79.9. The fraction of sp³-hybridized carbons (Fsp3) is 0.231. The smallest absolute Gasteiger partial charge is 0.271 e. The summed E-state index contributed by atoms with van der Waals surface area (Å²) in [4.78, 5) is 17.3. The maximum atomic E-state index is 12.3. The van der Waals surface area contributed by atoms with Crippen molar-refractivity contribution in [3.63, 3.8) is 0 Å². The summed E-state index contributed by atoms with van der Waals surface area (Å²) in [6.45, 7) is 2.05. The number of carbonyl (C=O) groups is 1. The molecule has 1 N–H and O–H groups in total. The molecule has 8 heteroatoms. The lowest BCUT2D eigenvalue weighted by atomic mass is 10.2. The number of carbonyl (C=O) groups excluding carboxylic acids is 1. The van der Waals surface area contributed by atoms with Crippen molar-refractivity contribution in [2.45, 2.75) is 19.8 Å². The summed E-state index contributed by atoms with van der Waals surface area (Å²) in [5.41, 5.74) is 1.61. The van der Waals surface area contributed by atoms with Gasteiger partial charge in [0.1, 0.15) is 4.88 Å². The molecule has 0 fully saturated rings. The lowest BCUT2D eigenvalue weighted by Crippen LogP contribution is -2.12. The molecule has 0 saturated carbocycles. The number of thiazole rings is 1. The standard InChI is InChI=1S/C13H11BrN4OS2/c1-2-4-8-11(21-18-17-8)12(19)16-13-15-10-7(14)5-3-6-9(10)20-13/h3,5-6H,2,4H2,1H3,(H,15,16,19). The van der Waals surface area contributed by atoms with E-state index in [9.17, 15) is 4.79 Å². The van der Waals surface area contributed by atoms with Gasteiger partial charge >= 0.3 is 0 Å². The van der Waals surface area contributed by atoms with Crippen LogP contribution in [0.25, 0.3) is 10.2 Å². The van der Waals surface area contributed by atoms with Crippen molar-refractivity contribution in [3.8, 4) is 0 Å². The third kappa shape index (κ3) is 2.97. The van der Waals surface area contributed by atoms with Gasteiger partial charge < -0.3 is 0 Å². The number of halogens is 1. The minimum Gasteiger partial charge on any atom is -0.297 e. The van der Waals surface area contributed by atoms with E-state index in [1.54, 1.807) is 0 Å². The van der Waals surface area contributed by atoms with E-state index in [-0.39, 0.29) is 5.91 Å². The second kappa shape index (κ2) is 6.17. The van der Waals surface area contributed by atoms with Gasteiger partial charge in [0.2, 0.25) is 0 Å². The van der Waals surface area contributed by atoms with Crippen LogP contribution in [0.2, 0.25) is 0 Å². The van der Waals surface area contributed by atoms with E-state index in [4.69, 9.17) is 0 Å². The van der Waals surface area contributed by atoms with Crippen LogP contribution >= 0.6 is 38.8 Å². The summed E-state index contributed by atoms with van der Waals surface area (Å²) in [6.07, 6.45) is 1.68. The van der Waals surface area contributed by atoms with Gasteiger partial charge in [-0.05, 0) is 46.0 Å². The molecule has 0 unspecified atom stereocenters. The first-order chi connectivity index (χ1) is 10.2. The molecule has 0 aliphatic heterocycles. The fourth-order valence-electron chi connectivity index (χ4n) is 1.90. The number of para-hydroxylation sites is 1. The van der Waals surface area contributed by atoms with Crippen LogP contribution in [0.5, 0.6) is 0 Å². The minimum atomic E-state index is -0.191. The topological polar surface area (TPSA) is 67.8 Å². The van der Waals surface area contributed by atoms with E-state index < -0.39 is 0 Å². The third-order valence-electron chi connectivity index (χ3n) is 2.84. The summed E-state index contributed by atoms with van der Waals surface area (Å²) >= 11 is 6.03. The van der Waals surface area contributed by atoms with Gasteiger partial charge in [-0.3, -0.25) is 10.1 Å². The van der Waals surface area contributed by atoms with Crippen molar-refractivity contribution in [1.29, 1.82) is 0 Å². The van der Waals surface area contributed by atoms with Crippen molar-refractivity contribution >= 4 is 60.1 Å². The molecule has 5 nitrogen and oxygen atoms in total. The summed E-state index contributed by atoms with van der Waals surface area (Å²) < 4.78 is 5.81. The van der Waals surface area contributed by atoms with Gasteiger partial charge in [-0.25, -0.2) is 4.98 Å². The van der Waals surface area contributed by atoms with Gasteiger partial charge in [0.05, 0.1) is 15.9 Å². The molecule has 3 rings (SSSR count). The number of anilines is 1. The molecular weight excluding hydrogens is 372 g/mol. The number of aryl methyl sites for hydroxylation is 1. The van der Waals surface area contributed by atoms with Crippen LogP contribution in [0.4, 0.5) is 5.13 Å². The maximum Gasteiger partial charge on any atom is 0.271 e. The van der Waals surface area contributed by atoms with Crippen LogP contribution in [0.15, 0.2) is 22.7 Å². The Kier molecular flexibility index (Phi) is 4.27. The Morgan fingerprint density at radius 1 is 1.43 bits per heavy atom. The van der Waals surface area contributed by atoms with Gasteiger partial charge in [0.15, 0.2) is 5.13 Å². The number of aromatic nitrogens is 3. The second-order valence-electron chi connectivity index (χ2n) is 4.36. The molecule has 0 saturated heterocycles. The van der Waals surface area contributed by atoms with Crippen LogP contribution in [0.3, 0.4) is 0 Å². The molecule has 0 radical (unpaired) electrons. The maximum absolute atomic E-state index is 12.3. The average Bonchev–Trinajstić information content (AvgIpc) is 3.06. The predicted molar refractivity (Wildman–Crippen MR) is 89.2 cm³/mol. The zero-order valence-corrected chi connectivity index (χ0v) is 14.3. The number of nitrogens with one attached hydrogen (secondary N) is 1. The molecule has 1 amide bonds. The quantitative estimate of drug-likeness (QED) is 0.736. The lowest BCUT2D eigenvalue weighted by molar-refractivity contribution is 0.102. The van der Waals surface area contributed by atoms with Crippen LogP contribution < -0.4 is 5.32 Å². The minimum absolute atomic E-state index is 0.191. The number of fused-ring (bicyclic) bond motifs is 1. The van der Waals surface area contributed by atoms with Crippen LogP contribution in [-0.2, 0) is 6.42 Å². The fourth-order valence-corrected chi connectivity index (χ4v) is 3.98. The van der Waals surface area contributed by atoms with E-state index in [2.05, 4.69) is 35.8 Å².